The highest BCUT2D eigenvalue weighted by Gasteiger charge is 2.11. The third-order valence-electron chi connectivity index (χ3n) is 2.55. The molecule has 0 aliphatic carbocycles. The minimum absolute atomic E-state index is 0.0174. The molecule has 0 spiro atoms. The van der Waals surface area contributed by atoms with Crippen LogP contribution < -0.4 is 10.6 Å². The molecule has 1 amide bonds. The average Bonchev–Trinajstić information content (AvgIpc) is 2.58. The molecule has 3 N–H and O–H groups in total. The second kappa shape index (κ2) is 6.36. The van der Waals surface area contributed by atoms with E-state index >= 15 is 0 Å². The van der Waals surface area contributed by atoms with Crippen LogP contribution >= 0.6 is 0 Å². The van der Waals surface area contributed by atoms with Gasteiger partial charge >= 0.3 is 0 Å². The van der Waals surface area contributed by atoms with Crippen LogP contribution in [0.25, 0.3) is 0 Å². The van der Waals surface area contributed by atoms with Gasteiger partial charge < -0.3 is 10.6 Å². The molecule has 1 aromatic heterocycles. The molecule has 96 valence electrons. The molecule has 0 bridgehead atoms. The Morgan fingerprint density at radius 1 is 1.47 bits per heavy atom. The highest BCUT2D eigenvalue weighted by atomic mass is 16.2. The molecule has 0 aliphatic heterocycles. The summed E-state index contributed by atoms with van der Waals surface area (Å²) < 4.78 is 0. The summed E-state index contributed by atoms with van der Waals surface area (Å²) in [6.45, 7) is 5.84. The summed E-state index contributed by atoms with van der Waals surface area (Å²) in [6.07, 6.45) is 0. The second-order valence-electron chi connectivity index (χ2n) is 4.20. The Labute approximate surface area is 102 Å². The molecule has 0 fully saturated rings. The van der Waals surface area contributed by atoms with Gasteiger partial charge in [-0.2, -0.15) is 5.10 Å². The highest BCUT2D eigenvalue weighted by Crippen LogP contribution is 2.15. The van der Waals surface area contributed by atoms with E-state index < -0.39 is 0 Å². The van der Waals surface area contributed by atoms with Gasteiger partial charge in [-0.1, -0.05) is 0 Å². The van der Waals surface area contributed by atoms with Crippen molar-refractivity contribution in [1.82, 2.24) is 20.4 Å². The quantitative estimate of drug-likeness (QED) is 0.659. The van der Waals surface area contributed by atoms with Gasteiger partial charge in [-0.25, -0.2) is 0 Å². The first-order valence-electron chi connectivity index (χ1n) is 5.69. The second-order valence-corrected chi connectivity index (χ2v) is 4.20. The Bertz CT molecular complexity index is 354. The molecule has 0 unspecified atom stereocenters. The molecule has 1 aromatic rings. The number of aryl methyl sites for hydroxylation is 2. The van der Waals surface area contributed by atoms with Gasteiger partial charge in [0.25, 0.3) is 0 Å². The number of carbonyl (C=O) groups is 1. The van der Waals surface area contributed by atoms with E-state index in [0.717, 1.165) is 30.2 Å². The van der Waals surface area contributed by atoms with E-state index in [0.29, 0.717) is 6.54 Å². The molecule has 0 saturated heterocycles. The largest absolute Gasteiger partial charge is 0.322 e. The van der Waals surface area contributed by atoms with Gasteiger partial charge in [0.05, 0.1) is 23.6 Å². The van der Waals surface area contributed by atoms with Crippen molar-refractivity contribution in [3.63, 3.8) is 0 Å². The van der Waals surface area contributed by atoms with Gasteiger partial charge in [0, 0.05) is 13.1 Å². The number of hydrogen-bond donors (Lipinski definition) is 3. The fourth-order valence-corrected chi connectivity index (χ4v) is 1.54. The lowest BCUT2D eigenvalue weighted by atomic mass is 10.3. The number of nitrogens with one attached hydrogen (secondary N) is 3. The first-order chi connectivity index (χ1) is 8.04. The Morgan fingerprint density at radius 3 is 2.71 bits per heavy atom. The minimum Gasteiger partial charge on any atom is -0.322 e. The predicted molar refractivity (Wildman–Crippen MR) is 68.1 cm³/mol. The molecule has 0 aliphatic rings. The summed E-state index contributed by atoms with van der Waals surface area (Å²) in [5.41, 5.74) is 2.49. The van der Waals surface area contributed by atoms with Gasteiger partial charge in [0.2, 0.25) is 5.91 Å². The van der Waals surface area contributed by atoms with Crippen LogP contribution in [-0.4, -0.2) is 54.7 Å². The molecule has 6 nitrogen and oxygen atoms in total. The third-order valence-corrected chi connectivity index (χ3v) is 2.55. The number of aromatic nitrogens is 2. The molecular weight excluding hydrogens is 218 g/mol. The van der Waals surface area contributed by atoms with E-state index in [1.165, 1.54) is 0 Å². The summed E-state index contributed by atoms with van der Waals surface area (Å²) in [4.78, 5) is 13.7. The molecule has 1 rings (SSSR count). The van der Waals surface area contributed by atoms with Crippen LogP contribution in [-0.2, 0) is 4.79 Å². The molecule has 0 saturated carbocycles. The Balaban J connectivity index is 2.44. The maximum absolute atomic E-state index is 11.8. The van der Waals surface area contributed by atoms with Crippen molar-refractivity contribution >= 4 is 11.6 Å². The van der Waals surface area contributed by atoms with Gasteiger partial charge in [-0.15, -0.1) is 0 Å². The highest BCUT2D eigenvalue weighted by molar-refractivity contribution is 5.93. The zero-order valence-corrected chi connectivity index (χ0v) is 10.9. The monoisotopic (exact) mass is 239 g/mol. The number of H-pyrrole nitrogens is 1. The Hall–Kier alpha value is -1.40. The normalized spacial score (nSPS) is 10.9. The fraction of sp³-hybridized carbons (Fsp3) is 0.636. The number of nitrogens with zero attached hydrogens (tertiary/aromatic N) is 2. The minimum atomic E-state index is -0.0174. The average molecular weight is 239 g/mol. The van der Waals surface area contributed by atoms with Crippen LogP contribution in [0.2, 0.25) is 0 Å². The smallest absolute Gasteiger partial charge is 0.238 e. The van der Waals surface area contributed by atoms with Crippen LogP contribution in [0.1, 0.15) is 11.4 Å². The van der Waals surface area contributed by atoms with Crippen molar-refractivity contribution in [3.8, 4) is 0 Å². The van der Waals surface area contributed by atoms with Crippen LogP contribution in [0.15, 0.2) is 0 Å². The van der Waals surface area contributed by atoms with Crippen molar-refractivity contribution in [3.05, 3.63) is 11.4 Å². The number of rotatable bonds is 6. The van der Waals surface area contributed by atoms with Gasteiger partial charge in [0.15, 0.2) is 0 Å². The third kappa shape index (κ3) is 4.16. The van der Waals surface area contributed by atoms with E-state index in [-0.39, 0.29) is 5.91 Å². The van der Waals surface area contributed by atoms with E-state index in [9.17, 15) is 4.79 Å². The predicted octanol–water partition coefficient (Wildman–Crippen LogP) is 0.116. The van der Waals surface area contributed by atoms with Crippen LogP contribution in [0, 0.1) is 13.8 Å². The zero-order valence-electron chi connectivity index (χ0n) is 10.9. The van der Waals surface area contributed by atoms with Crippen molar-refractivity contribution in [2.45, 2.75) is 13.8 Å². The molecule has 0 aromatic carbocycles. The van der Waals surface area contributed by atoms with Crippen molar-refractivity contribution in [1.29, 1.82) is 0 Å². The summed E-state index contributed by atoms with van der Waals surface area (Å²) in [7, 11) is 3.82. The van der Waals surface area contributed by atoms with Crippen LogP contribution in [0.3, 0.4) is 0 Å². The first kappa shape index (κ1) is 13.7. The Kier molecular flexibility index (Phi) is 5.11. The lowest BCUT2D eigenvalue weighted by Crippen LogP contribution is -2.34. The maximum atomic E-state index is 11.8. The number of likely N-dealkylation sites (N-methyl/N-ethyl adjacent to an activating group) is 2. The van der Waals surface area contributed by atoms with E-state index in [4.69, 9.17) is 0 Å². The van der Waals surface area contributed by atoms with E-state index in [2.05, 4.69) is 20.8 Å². The molecule has 1 heterocycles. The SMILES string of the molecule is CNCCN(C)CC(=O)Nc1c(C)n[nH]c1C. The number of aromatic amines is 1. The topological polar surface area (TPSA) is 73.1 Å². The van der Waals surface area contributed by atoms with Crippen LogP contribution in [0.4, 0.5) is 5.69 Å². The summed E-state index contributed by atoms with van der Waals surface area (Å²) in [5, 5.41) is 12.8. The van der Waals surface area contributed by atoms with Gasteiger partial charge in [-0.3, -0.25) is 14.8 Å². The number of hydrogen-bond acceptors (Lipinski definition) is 4. The van der Waals surface area contributed by atoms with E-state index in [1.54, 1.807) is 0 Å². The van der Waals surface area contributed by atoms with Crippen LogP contribution in [0.5, 0.6) is 0 Å². The van der Waals surface area contributed by atoms with Crippen molar-refractivity contribution in [2.75, 3.05) is 39.0 Å². The summed E-state index contributed by atoms with van der Waals surface area (Å²) in [5.74, 6) is -0.0174. The van der Waals surface area contributed by atoms with E-state index in [1.807, 2.05) is 32.8 Å². The summed E-state index contributed by atoms with van der Waals surface area (Å²) >= 11 is 0. The van der Waals surface area contributed by atoms with Gasteiger partial charge in [-0.05, 0) is 27.9 Å². The molecular formula is C11H21N5O. The molecule has 17 heavy (non-hydrogen) atoms. The zero-order chi connectivity index (χ0) is 12.8. The molecule has 6 heteroatoms. The number of amides is 1. The van der Waals surface area contributed by atoms with Crippen molar-refractivity contribution in [2.24, 2.45) is 0 Å². The summed E-state index contributed by atoms with van der Waals surface area (Å²) in [6, 6.07) is 0. The van der Waals surface area contributed by atoms with Crippen molar-refractivity contribution < 1.29 is 4.79 Å². The molecule has 0 atom stereocenters. The lowest BCUT2D eigenvalue weighted by Gasteiger charge is -2.15. The molecule has 0 radical (unpaired) electrons. The number of anilines is 1. The fourth-order valence-electron chi connectivity index (χ4n) is 1.54. The standard InChI is InChI=1S/C11H21N5O/c1-8-11(9(2)15-14-8)13-10(17)7-16(4)6-5-12-3/h12H,5-7H2,1-4H3,(H,13,17)(H,14,15). The lowest BCUT2D eigenvalue weighted by molar-refractivity contribution is -0.117. The maximum Gasteiger partial charge on any atom is 0.238 e. The first-order valence-corrected chi connectivity index (χ1v) is 5.69. The Morgan fingerprint density at radius 2 is 2.18 bits per heavy atom. The number of carbonyl (C=O) groups excluding carboxylic acids is 1. The van der Waals surface area contributed by atoms with Gasteiger partial charge in [0.1, 0.15) is 0 Å².